The molecular formula is C24H30N2O2. The summed E-state index contributed by atoms with van der Waals surface area (Å²) in [6.45, 7) is 1.79. The van der Waals surface area contributed by atoms with Crippen molar-refractivity contribution < 1.29 is 9.47 Å². The van der Waals surface area contributed by atoms with E-state index >= 15 is 0 Å². The Kier molecular flexibility index (Phi) is 7.98. The highest BCUT2D eigenvalue weighted by molar-refractivity contribution is 5.90. The predicted molar refractivity (Wildman–Crippen MR) is 116 cm³/mol. The standard InChI is InChI=1S/C24H30N2O2/c1-27-20-12-14-21(15-13-20)28-19-9-5-3-2-4-8-17-25-24-16-18-26-23-11-7-6-10-22(23)24/h6-7,10-16,18H,2-5,8-9,17,19H2,1H3,(H,25,26). The lowest BCUT2D eigenvalue weighted by Gasteiger charge is -2.09. The highest BCUT2D eigenvalue weighted by Gasteiger charge is 2.00. The van der Waals surface area contributed by atoms with Gasteiger partial charge in [-0.3, -0.25) is 4.98 Å². The first-order chi connectivity index (χ1) is 13.9. The van der Waals surface area contributed by atoms with Gasteiger partial charge in [-0.05, 0) is 49.2 Å². The number of rotatable bonds is 12. The zero-order chi connectivity index (χ0) is 19.4. The Bertz CT molecular complexity index is 828. The van der Waals surface area contributed by atoms with Crippen molar-refractivity contribution in [3.05, 3.63) is 60.8 Å². The van der Waals surface area contributed by atoms with Crippen LogP contribution in [0.25, 0.3) is 10.9 Å². The minimum absolute atomic E-state index is 0.781. The van der Waals surface area contributed by atoms with Crippen LogP contribution in [0, 0.1) is 0 Å². The molecule has 3 rings (SSSR count). The Morgan fingerprint density at radius 1 is 0.786 bits per heavy atom. The number of anilines is 1. The summed E-state index contributed by atoms with van der Waals surface area (Å²) in [6.07, 6.45) is 9.20. The number of nitrogens with one attached hydrogen (secondary N) is 1. The number of aromatic nitrogens is 1. The fraction of sp³-hybridized carbons (Fsp3) is 0.375. The molecule has 0 saturated heterocycles. The van der Waals surface area contributed by atoms with Crippen LogP contribution in [0.5, 0.6) is 11.5 Å². The molecule has 0 fully saturated rings. The van der Waals surface area contributed by atoms with Crippen molar-refractivity contribution in [2.45, 2.75) is 38.5 Å². The second kappa shape index (κ2) is 11.2. The average molecular weight is 379 g/mol. The van der Waals surface area contributed by atoms with Gasteiger partial charge in [0, 0.05) is 23.8 Å². The highest BCUT2D eigenvalue weighted by Crippen LogP contribution is 2.21. The Balaban J connectivity index is 1.21. The molecule has 3 aromatic rings. The zero-order valence-electron chi connectivity index (χ0n) is 16.7. The van der Waals surface area contributed by atoms with Crippen molar-refractivity contribution >= 4 is 16.6 Å². The third kappa shape index (κ3) is 6.15. The van der Waals surface area contributed by atoms with Crippen LogP contribution in [-0.4, -0.2) is 25.2 Å². The molecule has 28 heavy (non-hydrogen) atoms. The second-order valence-corrected chi connectivity index (χ2v) is 6.95. The summed E-state index contributed by atoms with van der Waals surface area (Å²) < 4.78 is 10.9. The summed E-state index contributed by atoms with van der Waals surface area (Å²) in [4.78, 5) is 4.41. The summed E-state index contributed by atoms with van der Waals surface area (Å²) >= 11 is 0. The summed E-state index contributed by atoms with van der Waals surface area (Å²) in [5.41, 5.74) is 2.23. The van der Waals surface area contributed by atoms with E-state index in [1.807, 2.05) is 36.5 Å². The van der Waals surface area contributed by atoms with Gasteiger partial charge in [-0.2, -0.15) is 0 Å². The van der Waals surface area contributed by atoms with Crippen LogP contribution >= 0.6 is 0 Å². The van der Waals surface area contributed by atoms with Crippen molar-refractivity contribution in [1.29, 1.82) is 0 Å². The van der Waals surface area contributed by atoms with Crippen molar-refractivity contribution in [3.63, 3.8) is 0 Å². The number of methoxy groups -OCH3 is 1. The smallest absolute Gasteiger partial charge is 0.119 e. The number of para-hydroxylation sites is 1. The minimum atomic E-state index is 0.781. The van der Waals surface area contributed by atoms with E-state index in [-0.39, 0.29) is 0 Å². The van der Waals surface area contributed by atoms with Gasteiger partial charge in [0.15, 0.2) is 0 Å². The van der Waals surface area contributed by atoms with Crippen molar-refractivity contribution in [3.8, 4) is 11.5 Å². The van der Waals surface area contributed by atoms with Crippen LogP contribution in [0.1, 0.15) is 38.5 Å². The van der Waals surface area contributed by atoms with Crippen LogP contribution in [0.4, 0.5) is 5.69 Å². The van der Waals surface area contributed by atoms with E-state index in [2.05, 4.69) is 34.6 Å². The zero-order valence-corrected chi connectivity index (χ0v) is 16.7. The molecule has 0 amide bonds. The predicted octanol–water partition coefficient (Wildman–Crippen LogP) is 6.07. The average Bonchev–Trinajstić information content (AvgIpc) is 2.75. The van der Waals surface area contributed by atoms with E-state index in [9.17, 15) is 0 Å². The van der Waals surface area contributed by atoms with Gasteiger partial charge >= 0.3 is 0 Å². The van der Waals surface area contributed by atoms with E-state index in [1.165, 1.54) is 43.2 Å². The fourth-order valence-corrected chi connectivity index (χ4v) is 3.27. The quantitative estimate of drug-likeness (QED) is 0.388. The lowest BCUT2D eigenvalue weighted by molar-refractivity contribution is 0.303. The van der Waals surface area contributed by atoms with Crippen LogP contribution < -0.4 is 14.8 Å². The van der Waals surface area contributed by atoms with E-state index in [0.717, 1.165) is 36.6 Å². The molecule has 0 aliphatic carbocycles. The molecule has 0 aliphatic rings. The van der Waals surface area contributed by atoms with E-state index in [4.69, 9.17) is 9.47 Å². The van der Waals surface area contributed by atoms with Crippen LogP contribution in [0.3, 0.4) is 0 Å². The molecule has 1 aromatic heterocycles. The van der Waals surface area contributed by atoms with Crippen LogP contribution in [0.2, 0.25) is 0 Å². The molecule has 4 heteroatoms. The molecule has 1 heterocycles. The lowest BCUT2D eigenvalue weighted by Crippen LogP contribution is -2.02. The molecule has 0 saturated carbocycles. The molecule has 0 unspecified atom stereocenters. The monoisotopic (exact) mass is 378 g/mol. The first kappa shape index (κ1) is 20.0. The summed E-state index contributed by atoms with van der Waals surface area (Å²) in [6, 6.07) is 18.1. The summed E-state index contributed by atoms with van der Waals surface area (Å²) in [5.74, 6) is 1.77. The van der Waals surface area contributed by atoms with Crippen molar-refractivity contribution in [2.24, 2.45) is 0 Å². The van der Waals surface area contributed by atoms with E-state index in [1.54, 1.807) is 7.11 Å². The fourth-order valence-electron chi connectivity index (χ4n) is 3.27. The number of fused-ring (bicyclic) bond motifs is 1. The molecule has 0 atom stereocenters. The van der Waals surface area contributed by atoms with Gasteiger partial charge in [0.1, 0.15) is 11.5 Å². The van der Waals surface area contributed by atoms with Gasteiger partial charge in [-0.15, -0.1) is 0 Å². The number of ether oxygens (including phenoxy) is 2. The maximum atomic E-state index is 5.76. The number of nitrogens with zero attached hydrogens (tertiary/aromatic N) is 1. The molecule has 2 aromatic carbocycles. The first-order valence-corrected chi connectivity index (χ1v) is 10.2. The van der Waals surface area contributed by atoms with E-state index in [0.29, 0.717) is 0 Å². The number of unbranched alkanes of at least 4 members (excludes halogenated alkanes) is 5. The first-order valence-electron chi connectivity index (χ1n) is 10.2. The Hall–Kier alpha value is -2.75. The van der Waals surface area contributed by atoms with Crippen molar-refractivity contribution in [1.82, 2.24) is 4.98 Å². The van der Waals surface area contributed by atoms with Gasteiger partial charge in [-0.25, -0.2) is 0 Å². The number of hydrogen-bond acceptors (Lipinski definition) is 4. The number of benzene rings is 2. The lowest BCUT2D eigenvalue weighted by atomic mass is 10.1. The topological polar surface area (TPSA) is 43.4 Å². The molecule has 4 nitrogen and oxygen atoms in total. The maximum Gasteiger partial charge on any atom is 0.119 e. The Morgan fingerprint density at radius 3 is 2.32 bits per heavy atom. The highest BCUT2D eigenvalue weighted by atomic mass is 16.5. The maximum absolute atomic E-state index is 5.76. The molecular weight excluding hydrogens is 348 g/mol. The SMILES string of the molecule is COc1ccc(OCCCCCCCCNc2ccnc3ccccc23)cc1. The van der Waals surface area contributed by atoms with Gasteiger partial charge in [0.05, 0.1) is 19.2 Å². The van der Waals surface area contributed by atoms with Crippen LogP contribution in [-0.2, 0) is 0 Å². The molecule has 1 N–H and O–H groups in total. The van der Waals surface area contributed by atoms with Gasteiger partial charge in [0.2, 0.25) is 0 Å². The van der Waals surface area contributed by atoms with E-state index < -0.39 is 0 Å². The molecule has 148 valence electrons. The molecule has 0 aliphatic heterocycles. The number of hydrogen-bond donors (Lipinski definition) is 1. The normalized spacial score (nSPS) is 10.8. The summed E-state index contributed by atoms with van der Waals surface area (Å²) in [7, 11) is 1.67. The third-order valence-corrected chi connectivity index (χ3v) is 4.86. The van der Waals surface area contributed by atoms with Gasteiger partial charge in [-0.1, -0.05) is 43.9 Å². The summed E-state index contributed by atoms with van der Waals surface area (Å²) in [5, 5.41) is 4.75. The van der Waals surface area contributed by atoms with Crippen molar-refractivity contribution in [2.75, 3.05) is 25.6 Å². The minimum Gasteiger partial charge on any atom is -0.497 e. The molecule has 0 bridgehead atoms. The number of pyridine rings is 1. The second-order valence-electron chi connectivity index (χ2n) is 6.95. The van der Waals surface area contributed by atoms with Gasteiger partial charge in [0.25, 0.3) is 0 Å². The van der Waals surface area contributed by atoms with Crippen LogP contribution in [0.15, 0.2) is 60.8 Å². The third-order valence-electron chi connectivity index (χ3n) is 4.86. The largest absolute Gasteiger partial charge is 0.497 e. The molecule has 0 radical (unpaired) electrons. The Labute approximate surface area is 167 Å². The van der Waals surface area contributed by atoms with Gasteiger partial charge < -0.3 is 14.8 Å². The Morgan fingerprint density at radius 2 is 1.50 bits per heavy atom. The molecule has 0 spiro atoms.